The van der Waals surface area contributed by atoms with Gasteiger partial charge in [-0.05, 0) is 17.7 Å². The second-order valence-corrected chi connectivity index (χ2v) is 2.78. The molecular formula is C8H8ClF2N. The van der Waals surface area contributed by atoms with Crippen molar-refractivity contribution >= 4 is 11.6 Å². The van der Waals surface area contributed by atoms with Crippen LogP contribution in [0.25, 0.3) is 0 Å². The van der Waals surface area contributed by atoms with Crippen LogP contribution >= 0.6 is 11.6 Å². The molecule has 66 valence electrons. The van der Waals surface area contributed by atoms with Gasteiger partial charge in [-0.15, -0.1) is 0 Å². The lowest BCUT2D eigenvalue weighted by Gasteiger charge is -2.05. The summed E-state index contributed by atoms with van der Waals surface area (Å²) in [5.41, 5.74) is 5.39. The van der Waals surface area contributed by atoms with E-state index in [1.54, 1.807) is 0 Å². The number of hydrogen-bond donors (Lipinski definition) is 1. The zero-order valence-corrected chi connectivity index (χ0v) is 6.98. The Labute approximate surface area is 74.1 Å². The average Bonchev–Trinajstić information content (AvgIpc) is 2.08. The van der Waals surface area contributed by atoms with Gasteiger partial charge in [-0.1, -0.05) is 17.7 Å². The molecule has 0 spiro atoms. The summed E-state index contributed by atoms with van der Waals surface area (Å²) in [6, 6.07) is 3.70. The lowest BCUT2D eigenvalue weighted by molar-refractivity contribution is 0.352. The van der Waals surface area contributed by atoms with E-state index >= 15 is 0 Å². The third-order valence-corrected chi connectivity index (χ3v) is 1.80. The molecule has 0 aromatic heterocycles. The number of halogens is 3. The van der Waals surface area contributed by atoms with Crippen LogP contribution < -0.4 is 5.73 Å². The summed E-state index contributed by atoms with van der Waals surface area (Å²) >= 11 is 5.43. The molecule has 4 heteroatoms. The maximum atomic E-state index is 12.9. The third-order valence-electron chi connectivity index (χ3n) is 1.51. The molecule has 0 aliphatic rings. The van der Waals surface area contributed by atoms with Crippen molar-refractivity contribution in [2.24, 2.45) is 5.73 Å². The van der Waals surface area contributed by atoms with Crippen LogP contribution in [0.4, 0.5) is 8.78 Å². The number of alkyl halides is 1. The van der Waals surface area contributed by atoms with Crippen molar-refractivity contribution in [3.05, 3.63) is 34.6 Å². The predicted molar refractivity (Wildman–Crippen MR) is 44.3 cm³/mol. The normalized spacial score (nSPS) is 13.0. The van der Waals surface area contributed by atoms with E-state index in [0.29, 0.717) is 5.56 Å². The molecule has 1 aromatic carbocycles. The molecule has 0 fully saturated rings. The van der Waals surface area contributed by atoms with Crippen molar-refractivity contribution in [3.8, 4) is 0 Å². The van der Waals surface area contributed by atoms with Gasteiger partial charge >= 0.3 is 0 Å². The fourth-order valence-corrected chi connectivity index (χ4v) is 1.03. The van der Waals surface area contributed by atoms with Gasteiger partial charge < -0.3 is 5.73 Å². The topological polar surface area (TPSA) is 26.0 Å². The number of hydrogen-bond acceptors (Lipinski definition) is 1. The molecule has 0 aliphatic carbocycles. The summed E-state index contributed by atoms with van der Waals surface area (Å²) in [7, 11) is 0. The molecule has 1 unspecified atom stereocenters. The van der Waals surface area contributed by atoms with Crippen LogP contribution in [0.15, 0.2) is 18.2 Å². The highest BCUT2D eigenvalue weighted by Gasteiger charge is 2.09. The average molecular weight is 192 g/mol. The Kier molecular flexibility index (Phi) is 3.00. The maximum absolute atomic E-state index is 12.9. The first-order chi connectivity index (χ1) is 5.65. The molecule has 0 saturated heterocycles. The van der Waals surface area contributed by atoms with E-state index in [4.69, 9.17) is 17.3 Å². The Bertz CT molecular complexity index is 278. The molecule has 12 heavy (non-hydrogen) atoms. The van der Waals surface area contributed by atoms with Gasteiger partial charge in [0.05, 0.1) is 5.02 Å². The predicted octanol–water partition coefficient (Wildman–Crippen LogP) is 2.45. The molecule has 1 atom stereocenters. The largest absolute Gasteiger partial charge is 0.327 e. The van der Waals surface area contributed by atoms with Crippen LogP contribution in [0.5, 0.6) is 0 Å². The van der Waals surface area contributed by atoms with Crippen LogP contribution in [0.2, 0.25) is 5.02 Å². The van der Waals surface area contributed by atoms with E-state index in [2.05, 4.69) is 0 Å². The minimum absolute atomic E-state index is 0.0800. The van der Waals surface area contributed by atoms with Crippen LogP contribution in [0.3, 0.4) is 0 Å². The Morgan fingerprint density at radius 3 is 2.67 bits per heavy atom. The summed E-state index contributed by atoms with van der Waals surface area (Å²) in [4.78, 5) is 0. The lowest BCUT2D eigenvalue weighted by Crippen LogP contribution is -2.07. The smallest absolute Gasteiger partial charge is 0.141 e. The molecular weight excluding hydrogens is 184 g/mol. The molecule has 0 saturated carbocycles. The second-order valence-electron chi connectivity index (χ2n) is 2.38. The lowest BCUT2D eigenvalue weighted by atomic mass is 10.1. The number of rotatable bonds is 2. The first kappa shape index (κ1) is 9.42. The SMILES string of the molecule is NCC(F)c1ccc(F)c(Cl)c1. The van der Waals surface area contributed by atoms with Crippen LogP contribution in [0, 0.1) is 5.82 Å². The van der Waals surface area contributed by atoms with Crippen molar-refractivity contribution < 1.29 is 8.78 Å². The minimum Gasteiger partial charge on any atom is -0.327 e. The highest BCUT2D eigenvalue weighted by Crippen LogP contribution is 2.22. The fraction of sp³-hybridized carbons (Fsp3) is 0.250. The van der Waals surface area contributed by atoms with E-state index in [1.807, 2.05) is 0 Å². The van der Waals surface area contributed by atoms with Gasteiger partial charge in [-0.2, -0.15) is 0 Å². The number of nitrogens with two attached hydrogens (primary N) is 1. The summed E-state index contributed by atoms with van der Waals surface area (Å²) in [5.74, 6) is -0.551. The Hall–Kier alpha value is -0.670. The van der Waals surface area contributed by atoms with E-state index in [-0.39, 0.29) is 11.6 Å². The Balaban J connectivity index is 2.96. The van der Waals surface area contributed by atoms with E-state index < -0.39 is 12.0 Å². The molecule has 1 rings (SSSR count). The molecule has 0 heterocycles. The Morgan fingerprint density at radius 2 is 2.17 bits per heavy atom. The molecule has 2 N–H and O–H groups in total. The van der Waals surface area contributed by atoms with Crippen LogP contribution in [-0.2, 0) is 0 Å². The summed E-state index contributed by atoms with van der Waals surface area (Å²) in [6.45, 7) is -0.123. The molecule has 0 bridgehead atoms. The number of benzene rings is 1. The van der Waals surface area contributed by atoms with Gasteiger partial charge in [0.15, 0.2) is 0 Å². The molecule has 1 aromatic rings. The van der Waals surface area contributed by atoms with Gasteiger partial charge in [0.25, 0.3) is 0 Å². The third kappa shape index (κ3) is 1.93. The first-order valence-corrected chi connectivity index (χ1v) is 3.82. The van der Waals surface area contributed by atoms with E-state index in [9.17, 15) is 8.78 Å². The van der Waals surface area contributed by atoms with Gasteiger partial charge in [0.2, 0.25) is 0 Å². The molecule has 1 nitrogen and oxygen atoms in total. The van der Waals surface area contributed by atoms with Crippen molar-refractivity contribution in [1.29, 1.82) is 0 Å². The van der Waals surface area contributed by atoms with Crippen molar-refractivity contribution in [3.63, 3.8) is 0 Å². The zero-order valence-electron chi connectivity index (χ0n) is 6.23. The molecule has 0 amide bonds. The standard InChI is InChI=1S/C8H8ClF2N/c9-6-3-5(8(11)4-12)1-2-7(6)10/h1-3,8H,4,12H2. The molecule has 0 radical (unpaired) electrons. The first-order valence-electron chi connectivity index (χ1n) is 3.44. The van der Waals surface area contributed by atoms with Gasteiger partial charge in [0, 0.05) is 6.54 Å². The fourth-order valence-electron chi connectivity index (χ4n) is 0.843. The van der Waals surface area contributed by atoms with Gasteiger partial charge in [-0.3, -0.25) is 0 Å². The van der Waals surface area contributed by atoms with Gasteiger partial charge in [0.1, 0.15) is 12.0 Å². The van der Waals surface area contributed by atoms with Crippen LogP contribution in [0.1, 0.15) is 11.7 Å². The highest BCUT2D eigenvalue weighted by molar-refractivity contribution is 6.30. The maximum Gasteiger partial charge on any atom is 0.141 e. The quantitative estimate of drug-likeness (QED) is 0.764. The van der Waals surface area contributed by atoms with E-state index in [0.717, 1.165) is 6.07 Å². The van der Waals surface area contributed by atoms with Gasteiger partial charge in [-0.25, -0.2) is 8.78 Å². The monoisotopic (exact) mass is 191 g/mol. The summed E-state index contributed by atoms with van der Waals surface area (Å²) in [5, 5.41) is -0.0800. The summed E-state index contributed by atoms with van der Waals surface area (Å²) < 4.78 is 25.5. The van der Waals surface area contributed by atoms with Crippen LogP contribution in [-0.4, -0.2) is 6.54 Å². The molecule has 0 aliphatic heterocycles. The Morgan fingerprint density at radius 1 is 1.50 bits per heavy atom. The summed E-state index contributed by atoms with van der Waals surface area (Å²) in [6.07, 6.45) is -1.27. The van der Waals surface area contributed by atoms with E-state index in [1.165, 1.54) is 12.1 Å². The van der Waals surface area contributed by atoms with Crippen molar-refractivity contribution in [2.45, 2.75) is 6.17 Å². The highest BCUT2D eigenvalue weighted by atomic mass is 35.5. The minimum atomic E-state index is -1.27. The zero-order chi connectivity index (χ0) is 9.14. The second kappa shape index (κ2) is 3.83. The van der Waals surface area contributed by atoms with Crippen molar-refractivity contribution in [2.75, 3.05) is 6.54 Å². The van der Waals surface area contributed by atoms with Crippen molar-refractivity contribution in [1.82, 2.24) is 0 Å².